The van der Waals surface area contributed by atoms with Gasteiger partial charge in [0, 0.05) is 34.3 Å². The molecule has 0 aliphatic rings. The predicted molar refractivity (Wildman–Crippen MR) is 194 cm³/mol. The zero-order valence-corrected chi connectivity index (χ0v) is 25.4. The Kier molecular flexibility index (Phi) is 7.22. The van der Waals surface area contributed by atoms with E-state index in [-0.39, 0.29) is 0 Å². The normalized spacial score (nSPS) is 11.0. The number of anilines is 3. The van der Waals surface area contributed by atoms with Gasteiger partial charge in [-0.1, -0.05) is 127 Å². The highest BCUT2D eigenvalue weighted by molar-refractivity contribution is 6.01. The second-order valence-corrected chi connectivity index (χ2v) is 11.4. The van der Waals surface area contributed by atoms with E-state index in [1.807, 2.05) is 0 Å². The molecule has 0 saturated heterocycles. The molecule has 1 heterocycles. The molecular formula is C44H32N2. The molecular weight excluding hydrogens is 556 g/mol. The van der Waals surface area contributed by atoms with E-state index in [9.17, 15) is 0 Å². The van der Waals surface area contributed by atoms with Crippen LogP contribution in [0.2, 0.25) is 0 Å². The maximum atomic E-state index is 2.34. The minimum Gasteiger partial charge on any atom is -0.317 e. The van der Waals surface area contributed by atoms with E-state index in [2.05, 4.69) is 204 Å². The number of hydrogen-bond donors (Lipinski definition) is 0. The van der Waals surface area contributed by atoms with Gasteiger partial charge in [0.2, 0.25) is 0 Å². The van der Waals surface area contributed by atoms with Crippen LogP contribution in [-0.4, -0.2) is 4.57 Å². The molecule has 8 rings (SSSR count). The average Bonchev–Trinajstić information content (AvgIpc) is 3.58. The van der Waals surface area contributed by atoms with E-state index in [0.29, 0.717) is 0 Å². The van der Waals surface area contributed by atoms with Crippen LogP contribution < -0.4 is 4.90 Å². The van der Waals surface area contributed by atoms with E-state index in [0.717, 1.165) is 22.7 Å². The Morgan fingerprint density at radius 2 is 0.913 bits per heavy atom. The molecule has 0 amide bonds. The van der Waals surface area contributed by atoms with Gasteiger partial charge in [-0.2, -0.15) is 0 Å². The van der Waals surface area contributed by atoms with Crippen LogP contribution >= 0.6 is 0 Å². The molecule has 1 aromatic heterocycles. The molecule has 0 bridgehead atoms. The number of para-hydroxylation sites is 2. The van der Waals surface area contributed by atoms with Crippen LogP contribution in [0.25, 0.3) is 50.0 Å². The van der Waals surface area contributed by atoms with Crippen molar-refractivity contribution in [3.63, 3.8) is 0 Å². The average molecular weight is 589 g/mol. The summed E-state index contributed by atoms with van der Waals surface area (Å²) in [4.78, 5) is 2.34. The lowest BCUT2D eigenvalue weighted by Gasteiger charge is -2.27. The smallest absolute Gasteiger partial charge is 0.0534 e. The van der Waals surface area contributed by atoms with Crippen molar-refractivity contribution in [1.82, 2.24) is 4.57 Å². The van der Waals surface area contributed by atoms with Crippen molar-refractivity contribution >= 4 is 28.0 Å². The Bertz CT molecular complexity index is 2220. The summed E-state index contributed by atoms with van der Waals surface area (Å²) in [5.74, 6) is 0. The minimum absolute atomic E-state index is 1.11. The van der Waals surface area contributed by atoms with Crippen molar-refractivity contribution in [3.8, 4) is 39.1 Å². The van der Waals surface area contributed by atoms with Crippen molar-refractivity contribution in [3.05, 3.63) is 194 Å². The van der Waals surface area contributed by atoms with Gasteiger partial charge in [0.25, 0.3) is 0 Å². The standard InChI is InChI=1S/C44H32N2/c1-5-14-33(15-6-1)34-24-26-38(27-25-34)46(37-20-11-4-12-21-37)39-28-29-41(43(32-39)35-16-7-2-8-17-35)40-22-13-23-44-42(40)30-31-45(44)36-18-9-3-10-19-36/h1-32H. The van der Waals surface area contributed by atoms with Gasteiger partial charge in [-0.3, -0.25) is 0 Å². The zero-order chi connectivity index (χ0) is 30.7. The van der Waals surface area contributed by atoms with E-state index < -0.39 is 0 Å². The molecule has 7 aromatic carbocycles. The summed E-state index contributed by atoms with van der Waals surface area (Å²) in [5, 5.41) is 1.23. The van der Waals surface area contributed by atoms with Crippen LogP contribution in [0.15, 0.2) is 194 Å². The third-order valence-electron chi connectivity index (χ3n) is 8.65. The van der Waals surface area contributed by atoms with Gasteiger partial charge in [0.15, 0.2) is 0 Å². The van der Waals surface area contributed by atoms with Crippen LogP contribution in [0.1, 0.15) is 0 Å². The number of hydrogen-bond acceptors (Lipinski definition) is 1. The molecule has 218 valence electrons. The topological polar surface area (TPSA) is 8.17 Å². The van der Waals surface area contributed by atoms with Crippen molar-refractivity contribution in [2.75, 3.05) is 4.90 Å². The van der Waals surface area contributed by atoms with Crippen LogP contribution in [0.4, 0.5) is 17.1 Å². The summed E-state index contributed by atoms with van der Waals surface area (Å²) < 4.78 is 2.27. The van der Waals surface area contributed by atoms with Crippen LogP contribution in [-0.2, 0) is 0 Å². The first-order valence-electron chi connectivity index (χ1n) is 15.7. The van der Waals surface area contributed by atoms with Gasteiger partial charge in [-0.15, -0.1) is 0 Å². The molecule has 0 spiro atoms. The first-order chi connectivity index (χ1) is 22.8. The molecule has 0 N–H and O–H groups in total. The van der Waals surface area contributed by atoms with Crippen LogP contribution in [0, 0.1) is 0 Å². The Labute approximate surface area is 270 Å². The lowest BCUT2D eigenvalue weighted by Crippen LogP contribution is -2.10. The zero-order valence-electron chi connectivity index (χ0n) is 25.4. The predicted octanol–water partition coefficient (Wildman–Crippen LogP) is 12.1. The Morgan fingerprint density at radius 3 is 1.61 bits per heavy atom. The van der Waals surface area contributed by atoms with E-state index in [1.54, 1.807) is 0 Å². The molecule has 0 unspecified atom stereocenters. The highest BCUT2D eigenvalue weighted by atomic mass is 15.1. The Morgan fingerprint density at radius 1 is 0.348 bits per heavy atom. The molecule has 0 aliphatic heterocycles. The molecule has 0 atom stereocenters. The summed E-state index contributed by atoms with van der Waals surface area (Å²) in [5.41, 5.74) is 12.9. The molecule has 0 saturated carbocycles. The summed E-state index contributed by atoms with van der Waals surface area (Å²) in [6, 6.07) is 67.1. The first-order valence-corrected chi connectivity index (χ1v) is 15.7. The number of fused-ring (bicyclic) bond motifs is 1. The first kappa shape index (κ1) is 27.4. The van der Waals surface area contributed by atoms with Gasteiger partial charge in [0.1, 0.15) is 0 Å². The molecule has 8 aromatic rings. The maximum absolute atomic E-state index is 2.34. The monoisotopic (exact) mass is 588 g/mol. The van der Waals surface area contributed by atoms with E-state index >= 15 is 0 Å². The Balaban J connectivity index is 1.29. The van der Waals surface area contributed by atoms with Gasteiger partial charge < -0.3 is 9.47 Å². The third kappa shape index (κ3) is 5.16. The minimum atomic E-state index is 1.11. The lowest BCUT2D eigenvalue weighted by atomic mass is 9.92. The number of aromatic nitrogens is 1. The second-order valence-electron chi connectivity index (χ2n) is 11.4. The highest BCUT2D eigenvalue weighted by Crippen LogP contribution is 2.42. The molecule has 2 heteroatoms. The fraction of sp³-hybridized carbons (Fsp3) is 0. The second kappa shape index (κ2) is 12.1. The fourth-order valence-electron chi connectivity index (χ4n) is 6.44. The van der Waals surface area contributed by atoms with Gasteiger partial charge in [-0.25, -0.2) is 0 Å². The van der Waals surface area contributed by atoms with Gasteiger partial charge >= 0.3 is 0 Å². The van der Waals surface area contributed by atoms with Gasteiger partial charge in [-0.05, 0) is 94.0 Å². The number of nitrogens with zero attached hydrogens (tertiary/aromatic N) is 2. The van der Waals surface area contributed by atoms with Crippen molar-refractivity contribution in [2.24, 2.45) is 0 Å². The molecule has 0 radical (unpaired) electrons. The third-order valence-corrected chi connectivity index (χ3v) is 8.65. The van der Waals surface area contributed by atoms with Crippen molar-refractivity contribution < 1.29 is 0 Å². The molecule has 46 heavy (non-hydrogen) atoms. The van der Waals surface area contributed by atoms with Gasteiger partial charge in [0.05, 0.1) is 5.52 Å². The Hall–Kier alpha value is -6.12. The maximum Gasteiger partial charge on any atom is 0.0534 e. The SMILES string of the molecule is c1ccc(-c2ccc(N(c3ccccc3)c3ccc(-c4cccc5c4ccn5-c4ccccc4)c(-c4ccccc4)c3)cc2)cc1. The van der Waals surface area contributed by atoms with Crippen molar-refractivity contribution in [2.45, 2.75) is 0 Å². The summed E-state index contributed by atoms with van der Waals surface area (Å²) >= 11 is 0. The fourth-order valence-corrected chi connectivity index (χ4v) is 6.44. The summed E-state index contributed by atoms with van der Waals surface area (Å²) in [7, 11) is 0. The molecule has 0 aliphatic carbocycles. The molecule has 2 nitrogen and oxygen atoms in total. The van der Waals surface area contributed by atoms with Crippen LogP contribution in [0.3, 0.4) is 0 Å². The summed E-state index contributed by atoms with van der Waals surface area (Å²) in [6.07, 6.45) is 2.18. The summed E-state index contributed by atoms with van der Waals surface area (Å²) in [6.45, 7) is 0. The van der Waals surface area contributed by atoms with E-state index in [4.69, 9.17) is 0 Å². The van der Waals surface area contributed by atoms with Crippen LogP contribution in [0.5, 0.6) is 0 Å². The molecule has 0 fully saturated rings. The number of rotatable bonds is 7. The van der Waals surface area contributed by atoms with E-state index in [1.165, 1.54) is 44.3 Å². The highest BCUT2D eigenvalue weighted by Gasteiger charge is 2.18. The van der Waals surface area contributed by atoms with Crippen molar-refractivity contribution in [1.29, 1.82) is 0 Å². The lowest BCUT2D eigenvalue weighted by molar-refractivity contribution is 1.13. The quantitative estimate of drug-likeness (QED) is 0.180. The largest absolute Gasteiger partial charge is 0.317 e. The number of benzene rings is 7.